The van der Waals surface area contributed by atoms with Gasteiger partial charge in [0.2, 0.25) is 0 Å². The molecule has 2 rings (SSSR count). The molecule has 2 nitrogen and oxygen atoms in total. The van der Waals surface area contributed by atoms with Crippen LogP contribution in [0.4, 0.5) is 5.69 Å². The van der Waals surface area contributed by atoms with Crippen LogP contribution in [0.1, 0.15) is 31.5 Å². The van der Waals surface area contributed by atoms with Gasteiger partial charge in [0.1, 0.15) is 0 Å². The van der Waals surface area contributed by atoms with Crippen LogP contribution in [-0.4, -0.2) is 4.98 Å². The van der Waals surface area contributed by atoms with Gasteiger partial charge in [-0.05, 0) is 24.5 Å². The molecule has 1 heterocycles. The molecular formula is C14H18N2. The van der Waals surface area contributed by atoms with Gasteiger partial charge >= 0.3 is 0 Å². The van der Waals surface area contributed by atoms with E-state index in [0.717, 1.165) is 41.5 Å². The number of hydrogen-bond acceptors (Lipinski definition) is 2. The standard InChI is InChI=1S/C14H18N2/c1-3-6-11-9-13(15)12-8-5-7-10(4-2)14(12)16-11/h5,7-9H,3-4,6H2,1-2H3,(H2,15,16). The second-order valence-electron chi connectivity index (χ2n) is 4.12. The quantitative estimate of drug-likeness (QED) is 0.851. The maximum absolute atomic E-state index is 6.07. The molecule has 1 aromatic carbocycles. The van der Waals surface area contributed by atoms with Gasteiger partial charge in [0.25, 0.3) is 0 Å². The van der Waals surface area contributed by atoms with Gasteiger partial charge < -0.3 is 5.73 Å². The average Bonchev–Trinajstić information content (AvgIpc) is 2.29. The van der Waals surface area contributed by atoms with Crippen molar-refractivity contribution in [2.24, 2.45) is 0 Å². The van der Waals surface area contributed by atoms with Crippen LogP contribution in [0.25, 0.3) is 10.9 Å². The van der Waals surface area contributed by atoms with Crippen molar-refractivity contribution in [3.63, 3.8) is 0 Å². The molecule has 0 unspecified atom stereocenters. The SMILES string of the molecule is CCCc1cc(N)c2cccc(CC)c2n1. The summed E-state index contributed by atoms with van der Waals surface area (Å²) in [5, 5.41) is 1.08. The molecule has 1 aromatic heterocycles. The molecule has 84 valence electrons. The van der Waals surface area contributed by atoms with Crippen molar-refractivity contribution in [3.05, 3.63) is 35.5 Å². The maximum atomic E-state index is 6.07. The zero-order valence-electron chi connectivity index (χ0n) is 9.96. The molecule has 2 N–H and O–H groups in total. The molecule has 0 aliphatic rings. The highest BCUT2D eigenvalue weighted by atomic mass is 14.7. The number of benzene rings is 1. The van der Waals surface area contributed by atoms with E-state index in [9.17, 15) is 0 Å². The van der Waals surface area contributed by atoms with E-state index in [1.54, 1.807) is 0 Å². The summed E-state index contributed by atoms with van der Waals surface area (Å²) >= 11 is 0. The molecule has 0 saturated heterocycles. The number of hydrogen-bond donors (Lipinski definition) is 1. The van der Waals surface area contributed by atoms with Gasteiger partial charge in [0.15, 0.2) is 0 Å². The fraction of sp³-hybridized carbons (Fsp3) is 0.357. The summed E-state index contributed by atoms with van der Waals surface area (Å²) < 4.78 is 0. The van der Waals surface area contributed by atoms with Crippen molar-refractivity contribution in [2.45, 2.75) is 33.1 Å². The molecule has 0 aliphatic carbocycles. The fourth-order valence-electron chi connectivity index (χ4n) is 2.06. The Morgan fingerprint density at radius 3 is 2.75 bits per heavy atom. The lowest BCUT2D eigenvalue weighted by molar-refractivity contribution is 0.889. The van der Waals surface area contributed by atoms with Gasteiger partial charge in [0.05, 0.1) is 5.52 Å². The monoisotopic (exact) mass is 214 g/mol. The van der Waals surface area contributed by atoms with Gasteiger partial charge in [0, 0.05) is 16.8 Å². The average molecular weight is 214 g/mol. The molecule has 2 heteroatoms. The number of nitrogens with two attached hydrogens (primary N) is 1. The molecule has 0 atom stereocenters. The summed E-state index contributed by atoms with van der Waals surface area (Å²) in [5.41, 5.74) is 10.4. The molecule has 0 bridgehead atoms. The largest absolute Gasteiger partial charge is 0.398 e. The fourth-order valence-corrected chi connectivity index (χ4v) is 2.06. The van der Waals surface area contributed by atoms with Crippen molar-refractivity contribution in [3.8, 4) is 0 Å². The number of fused-ring (bicyclic) bond motifs is 1. The van der Waals surface area contributed by atoms with Gasteiger partial charge in [-0.25, -0.2) is 0 Å². The highest BCUT2D eigenvalue weighted by molar-refractivity contribution is 5.92. The number of aromatic nitrogens is 1. The topological polar surface area (TPSA) is 38.9 Å². The van der Waals surface area contributed by atoms with Crippen molar-refractivity contribution < 1.29 is 0 Å². The van der Waals surface area contributed by atoms with Gasteiger partial charge in [-0.15, -0.1) is 0 Å². The zero-order chi connectivity index (χ0) is 11.5. The third kappa shape index (κ3) is 1.87. The van der Waals surface area contributed by atoms with E-state index >= 15 is 0 Å². The Balaban J connectivity index is 2.67. The number of rotatable bonds is 3. The van der Waals surface area contributed by atoms with Crippen LogP contribution in [0.15, 0.2) is 24.3 Å². The van der Waals surface area contributed by atoms with Crippen LogP contribution in [0.3, 0.4) is 0 Å². The van der Waals surface area contributed by atoms with E-state index in [4.69, 9.17) is 10.7 Å². The van der Waals surface area contributed by atoms with Gasteiger partial charge in [-0.2, -0.15) is 0 Å². The van der Waals surface area contributed by atoms with Gasteiger partial charge in [-0.3, -0.25) is 4.98 Å². The minimum Gasteiger partial charge on any atom is -0.398 e. The Bertz CT molecular complexity index is 503. The lowest BCUT2D eigenvalue weighted by atomic mass is 10.0. The van der Waals surface area contributed by atoms with Crippen LogP contribution in [0.5, 0.6) is 0 Å². The smallest absolute Gasteiger partial charge is 0.0757 e. The number of pyridine rings is 1. The number of nitrogen functional groups attached to an aromatic ring is 1. The maximum Gasteiger partial charge on any atom is 0.0757 e. The first-order chi connectivity index (χ1) is 7.76. The Kier molecular flexibility index (Phi) is 3.09. The minimum absolute atomic E-state index is 0.851. The summed E-state index contributed by atoms with van der Waals surface area (Å²) in [4.78, 5) is 4.72. The first kappa shape index (κ1) is 10.9. The molecule has 0 saturated carbocycles. The Hall–Kier alpha value is -1.57. The molecule has 0 spiro atoms. The zero-order valence-corrected chi connectivity index (χ0v) is 9.96. The number of aryl methyl sites for hydroxylation is 2. The molecule has 0 radical (unpaired) electrons. The molecule has 0 aliphatic heterocycles. The number of para-hydroxylation sites is 1. The minimum atomic E-state index is 0.851. The lowest BCUT2D eigenvalue weighted by Crippen LogP contribution is -1.97. The third-order valence-corrected chi connectivity index (χ3v) is 2.90. The second-order valence-corrected chi connectivity index (χ2v) is 4.12. The molecular weight excluding hydrogens is 196 g/mol. The van der Waals surface area contributed by atoms with E-state index in [1.807, 2.05) is 12.1 Å². The Morgan fingerprint density at radius 1 is 1.25 bits per heavy atom. The molecule has 2 aromatic rings. The highest BCUT2D eigenvalue weighted by Crippen LogP contribution is 2.24. The summed E-state index contributed by atoms with van der Waals surface area (Å²) in [6, 6.07) is 8.24. The normalized spacial score (nSPS) is 10.9. The van der Waals surface area contributed by atoms with Crippen molar-refractivity contribution in [1.29, 1.82) is 0 Å². The number of nitrogens with zero attached hydrogens (tertiary/aromatic N) is 1. The Morgan fingerprint density at radius 2 is 2.06 bits per heavy atom. The first-order valence-corrected chi connectivity index (χ1v) is 5.93. The lowest BCUT2D eigenvalue weighted by Gasteiger charge is -2.08. The van der Waals surface area contributed by atoms with Crippen LogP contribution in [0.2, 0.25) is 0 Å². The van der Waals surface area contributed by atoms with Crippen molar-refractivity contribution in [2.75, 3.05) is 5.73 Å². The van der Waals surface area contributed by atoms with Crippen LogP contribution in [0, 0.1) is 0 Å². The van der Waals surface area contributed by atoms with Crippen molar-refractivity contribution in [1.82, 2.24) is 4.98 Å². The van der Waals surface area contributed by atoms with Crippen LogP contribution in [-0.2, 0) is 12.8 Å². The number of anilines is 1. The van der Waals surface area contributed by atoms with E-state index in [0.29, 0.717) is 0 Å². The predicted molar refractivity (Wildman–Crippen MR) is 69.5 cm³/mol. The second kappa shape index (κ2) is 4.52. The predicted octanol–water partition coefficient (Wildman–Crippen LogP) is 3.33. The first-order valence-electron chi connectivity index (χ1n) is 5.93. The summed E-state index contributed by atoms with van der Waals surface area (Å²) in [5.74, 6) is 0. The van der Waals surface area contributed by atoms with Crippen LogP contribution >= 0.6 is 0 Å². The molecule has 0 fully saturated rings. The highest BCUT2D eigenvalue weighted by Gasteiger charge is 2.05. The third-order valence-electron chi connectivity index (χ3n) is 2.90. The van der Waals surface area contributed by atoms with Crippen LogP contribution < -0.4 is 5.73 Å². The van der Waals surface area contributed by atoms with E-state index < -0.39 is 0 Å². The summed E-state index contributed by atoms with van der Waals surface area (Å²) in [6.45, 7) is 4.31. The molecule has 16 heavy (non-hydrogen) atoms. The van der Waals surface area contributed by atoms with E-state index in [-0.39, 0.29) is 0 Å². The molecule has 0 amide bonds. The van der Waals surface area contributed by atoms with E-state index in [1.165, 1.54) is 5.56 Å². The van der Waals surface area contributed by atoms with Crippen molar-refractivity contribution >= 4 is 16.6 Å². The van der Waals surface area contributed by atoms with Gasteiger partial charge in [-0.1, -0.05) is 38.5 Å². The summed E-state index contributed by atoms with van der Waals surface area (Å²) in [6.07, 6.45) is 3.10. The summed E-state index contributed by atoms with van der Waals surface area (Å²) in [7, 11) is 0. The Labute approximate surface area is 96.5 Å². The van der Waals surface area contributed by atoms with E-state index in [2.05, 4.69) is 26.0 Å².